The highest BCUT2D eigenvalue weighted by atomic mass is 16.5. The van der Waals surface area contributed by atoms with Crippen LogP contribution in [0.15, 0.2) is 0 Å². The molecule has 1 aliphatic rings. The molecule has 0 aliphatic carbocycles. The molecule has 0 saturated carbocycles. The van der Waals surface area contributed by atoms with Crippen LogP contribution < -0.4 is 5.73 Å². The van der Waals surface area contributed by atoms with Gasteiger partial charge in [0.25, 0.3) is 0 Å². The lowest BCUT2D eigenvalue weighted by Crippen LogP contribution is -2.58. The third-order valence-corrected chi connectivity index (χ3v) is 3.13. The molecule has 0 radical (unpaired) electrons. The van der Waals surface area contributed by atoms with Crippen LogP contribution >= 0.6 is 0 Å². The lowest BCUT2D eigenvalue weighted by atomic mass is 9.90. The van der Waals surface area contributed by atoms with E-state index in [2.05, 4.69) is 25.8 Å². The van der Waals surface area contributed by atoms with E-state index in [0.29, 0.717) is 12.5 Å². The van der Waals surface area contributed by atoms with Crippen molar-refractivity contribution in [2.24, 2.45) is 11.7 Å². The molecule has 1 rings (SSSR count). The molecule has 0 bridgehead atoms. The van der Waals surface area contributed by atoms with Gasteiger partial charge in [-0.1, -0.05) is 13.8 Å². The third kappa shape index (κ3) is 2.69. The monoisotopic (exact) mass is 200 g/mol. The van der Waals surface area contributed by atoms with Crippen LogP contribution in [0.3, 0.4) is 0 Å². The zero-order chi connectivity index (χ0) is 10.6. The van der Waals surface area contributed by atoms with Gasteiger partial charge in [-0.25, -0.2) is 0 Å². The van der Waals surface area contributed by atoms with Crippen molar-refractivity contribution in [2.75, 3.05) is 33.4 Å². The number of hydrogen-bond donors (Lipinski definition) is 1. The molecule has 1 unspecified atom stereocenters. The molecule has 1 aliphatic heterocycles. The Morgan fingerprint density at radius 2 is 2.21 bits per heavy atom. The highest BCUT2D eigenvalue weighted by molar-refractivity contribution is 4.92. The summed E-state index contributed by atoms with van der Waals surface area (Å²) in [7, 11) is 2.17. The maximum absolute atomic E-state index is 5.89. The lowest BCUT2D eigenvalue weighted by Gasteiger charge is -2.44. The standard InChI is InChI=1S/C11H24N2O/c1-10(2)7-13(3)11(8-12)5-4-6-14-9-11/h10H,4-9,12H2,1-3H3. The number of ether oxygens (including phenoxy) is 1. The Labute approximate surface area is 87.6 Å². The predicted molar refractivity (Wildman–Crippen MR) is 59.3 cm³/mol. The van der Waals surface area contributed by atoms with E-state index in [4.69, 9.17) is 10.5 Å². The van der Waals surface area contributed by atoms with E-state index in [9.17, 15) is 0 Å². The summed E-state index contributed by atoms with van der Waals surface area (Å²) >= 11 is 0. The summed E-state index contributed by atoms with van der Waals surface area (Å²) in [6, 6.07) is 0. The Kier molecular flexibility index (Phi) is 4.35. The van der Waals surface area contributed by atoms with Crippen molar-refractivity contribution >= 4 is 0 Å². The molecule has 1 fully saturated rings. The SMILES string of the molecule is CC(C)CN(C)C1(CN)CCCOC1. The quantitative estimate of drug-likeness (QED) is 0.738. The maximum Gasteiger partial charge on any atom is 0.0662 e. The zero-order valence-electron chi connectivity index (χ0n) is 9.75. The number of hydrogen-bond acceptors (Lipinski definition) is 3. The Morgan fingerprint density at radius 1 is 1.50 bits per heavy atom. The predicted octanol–water partition coefficient (Wildman–Crippen LogP) is 1.08. The van der Waals surface area contributed by atoms with Gasteiger partial charge in [-0.15, -0.1) is 0 Å². The van der Waals surface area contributed by atoms with Crippen LogP contribution in [0.2, 0.25) is 0 Å². The van der Waals surface area contributed by atoms with Gasteiger partial charge in [0.1, 0.15) is 0 Å². The van der Waals surface area contributed by atoms with E-state index < -0.39 is 0 Å². The Hall–Kier alpha value is -0.120. The molecular formula is C11H24N2O. The van der Waals surface area contributed by atoms with E-state index in [1.807, 2.05) is 0 Å². The highest BCUT2D eigenvalue weighted by Crippen LogP contribution is 2.24. The van der Waals surface area contributed by atoms with E-state index in [0.717, 1.165) is 26.2 Å². The fourth-order valence-corrected chi connectivity index (χ4v) is 2.20. The van der Waals surface area contributed by atoms with Gasteiger partial charge in [-0.2, -0.15) is 0 Å². The smallest absolute Gasteiger partial charge is 0.0662 e. The molecule has 1 saturated heterocycles. The van der Waals surface area contributed by atoms with Crippen molar-refractivity contribution in [1.29, 1.82) is 0 Å². The molecule has 0 spiro atoms. The first-order valence-corrected chi connectivity index (χ1v) is 5.60. The van der Waals surface area contributed by atoms with Crippen molar-refractivity contribution in [3.05, 3.63) is 0 Å². The normalized spacial score (nSPS) is 28.7. The van der Waals surface area contributed by atoms with Crippen molar-refractivity contribution in [2.45, 2.75) is 32.2 Å². The van der Waals surface area contributed by atoms with E-state index in [1.165, 1.54) is 6.42 Å². The van der Waals surface area contributed by atoms with Crippen LogP contribution in [-0.2, 0) is 4.74 Å². The van der Waals surface area contributed by atoms with Gasteiger partial charge in [0.05, 0.1) is 12.1 Å². The van der Waals surface area contributed by atoms with Gasteiger partial charge in [-0.3, -0.25) is 4.90 Å². The van der Waals surface area contributed by atoms with Gasteiger partial charge < -0.3 is 10.5 Å². The molecule has 14 heavy (non-hydrogen) atoms. The van der Waals surface area contributed by atoms with Crippen molar-refractivity contribution in [3.8, 4) is 0 Å². The summed E-state index contributed by atoms with van der Waals surface area (Å²) in [6.45, 7) is 7.98. The molecule has 0 aromatic heterocycles. The average molecular weight is 200 g/mol. The van der Waals surface area contributed by atoms with Crippen molar-refractivity contribution in [1.82, 2.24) is 4.90 Å². The minimum absolute atomic E-state index is 0.0997. The maximum atomic E-state index is 5.89. The van der Waals surface area contributed by atoms with E-state index in [-0.39, 0.29) is 5.54 Å². The second-order valence-corrected chi connectivity index (χ2v) is 4.86. The number of likely N-dealkylation sites (N-methyl/N-ethyl adjacent to an activating group) is 1. The third-order valence-electron chi connectivity index (χ3n) is 3.13. The van der Waals surface area contributed by atoms with Gasteiger partial charge in [0.2, 0.25) is 0 Å². The van der Waals surface area contributed by atoms with Gasteiger partial charge in [-0.05, 0) is 25.8 Å². The lowest BCUT2D eigenvalue weighted by molar-refractivity contribution is -0.0377. The Bertz CT molecular complexity index is 165. The minimum atomic E-state index is 0.0997. The first-order chi connectivity index (χ1) is 6.60. The average Bonchev–Trinajstić information content (AvgIpc) is 2.18. The van der Waals surface area contributed by atoms with Gasteiger partial charge >= 0.3 is 0 Å². The molecule has 3 heteroatoms. The summed E-state index contributed by atoms with van der Waals surface area (Å²) in [5, 5.41) is 0. The van der Waals surface area contributed by atoms with Crippen LogP contribution in [0.25, 0.3) is 0 Å². The summed E-state index contributed by atoms with van der Waals surface area (Å²) in [6.07, 6.45) is 2.31. The van der Waals surface area contributed by atoms with Gasteiger partial charge in [0, 0.05) is 19.7 Å². The number of nitrogens with two attached hydrogens (primary N) is 1. The first kappa shape index (κ1) is 12.0. The van der Waals surface area contributed by atoms with Crippen molar-refractivity contribution < 1.29 is 4.74 Å². The van der Waals surface area contributed by atoms with Crippen LogP contribution in [0.1, 0.15) is 26.7 Å². The summed E-state index contributed by atoms with van der Waals surface area (Å²) in [4.78, 5) is 2.39. The largest absolute Gasteiger partial charge is 0.379 e. The molecule has 1 atom stereocenters. The Balaban J connectivity index is 2.57. The molecule has 84 valence electrons. The topological polar surface area (TPSA) is 38.5 Å². The minimum Gasteiger partial charge on any atom is -0.379 e. The highest BCUT2D eigenvalue weighted by Gasteiger charge is 2.35. The molecule has 0 amide bonds. The molecule has 0 aromatic carbocycles. The van der Waals surface area contributed by atoms with E-state index in [1.54, 1.807) is 0 Å². The second kappa shape index (κ2) is 5.10. The van der Waals surface area contributed by atoms with Crippen LogP contribution in [-0.4, -0.2) is 43.8 Å². The van der Waals surface area contributed by atoms with Gasteiger partial charge in [0.15, 0.2) is 0 Å². The van der Waals surface area contributed by atoms with E-state index >= 15 is 0 Å². The number of nitrogens with zero attached hydrogens (tertiary/aromatic N) is 1. The Morgan fingerprint density at radius 3 is 2.64 bits per heavy atom. The fraction of sp³-hybridized carbons (Fsp3) is 1.00. The first-order valence-electron chi connectivity index (χ1n) is 5.60. The summed E-state index contributed by atoms with van der Waals surface area (Å²) < 4.78 is 5.56. The second-order valence-electron chi connectivity index (χ2n) is 4.86. The fourth-order valence-electron chi connectivity index (χ4n) is 2.20. The van der Waals surface area contributed by atoms with Crippen LogP contribution in [0.4, 0.5) is 0 Å². The zero-order valence-corrected chi connectivity index (χ0v) is 9.75. The van der Waals surface area contributed by atoms with Crippen LogP contribution in [0, 0.1) is 5.92 Å². The molecule has 0 aromatic rings. The van der Waals surface area contributed by atoms with Crippen LogP contribution in [0.5, 0.6) is 0 Å². The number of rotatable bonds is 4. The molecule has 2 N–H and O–H groups in total. The molecular weight excluding hydrogens is 176 g/mol. The van der Waals surface area contributed by atoms with Crippen molar-refractivity contribution in [3.63, 3.8) is 0 Å². The summed E-state index contributed by atoms with van der Waals surface area (Å²) in [5.41, 5.74) is 5.99. The molecule has 1 heterocycles. The summed E-state index contributed by atoms with van der Waals surface area (Å²) in [5.74, 6) is 0.686. The molecule has 3 nitrogen and oxygen atoms in total.